The average Bonchev–Trinajstić information content (AvgIpc) is 2.90. The lowest BCUT2D eigenvalue weighted by atomic mass is 10.2. The molecular formula is C26H16F2N4O6S. The van der Waals surface area contributed by atoms with E-state index in [4.69, 9.17) is 0 Å². The average molecular weight is 550 g/mol. The van der Waals surface area contributed by atoms with Crippen molar-refractivity contribution in [1.82, 2.24) is 0 Å². The predicted molar refractivity (Wildman–Crippen MR) is 139 cm³/mol. The van der Waals surface area contributed by atoms with Gasteiger partial charge >= 0.3 is 11.4 Å². The van der Waals surface area contributed by atoms with Crippen LogP contribution in [0.4, 0.5) is 31.5 Å². The molecule has 0 aliphatic carbocycles. The Balaban J connectivity index is 1.34. The Morgan fingerprint density at radius 1 is 0.615 bits per heavy atom. The highest BCUT2D eigenvalue weighted by Crippen LogP contribution is 2.30. The third-order valence-electron chi connectivity index (χ3n) is 5.27. The van der Waals surface area contributed by atoms with Gasteiger partial charge in [0.2, 0.25) is 11.6 Å². The van der Waals surface area contributed by atoms with Crippen molar-refractivity contribution in [2.45, 2.75) is 9.79 Å². The van der Waals surface area contributed by atoms with Crippen LogP contribution in [0.25, 0.3) is 0 Å². The summed E-state index contributed by atoms with van der Waals surface area (Å²) in [6, 6.07) is 19.3. The van der Waals surface area contributed by atoms with Crippen LogP contribution in [0.2, 0.25) is 0 Å². The Labute approximate surface area is 223 Å². The van der Waals surface area contributed by atoms with E-state index in [9.17, 15) is 38.6 Å². The highest BCUT2D eigenvalue weighted by molar-refractivity contribution is 7.99. The number of hydrogen-bond donors (Lipinski definition) is 2. The summed E-state index contributed by atoms with van der Waals surface area (Å²) in [7, 11) is 0. The topological polar surface area (TPSA) is 144 Å². The summed E-state index contributed by atoms with van der Waals surface area (Å²) >= 11 is 1.40. The molecule has 4 aromatic carbocycles. The molecule has 0 unspecified atom stereocenters. The van der Waals surface area contributed by atoms with E-state index in [1.807, 2.05) is 0 Å². The van der Waals surface area contributed by atoms with E-state index < -0.39 is 44.7 Å². The minimum Gasteiger partial charge on any atom is -0.322 e. The molecule has 0 spiro atoms. The lowest BCUT2D eigenvalue weighted by molar-refractivity contribution is -0.387. The van der Waals surface area contributed by atoms with Crippen molar-refractivity contribution in [3.63, 3.8) is 0 Å². The highest BCUT2D eigenvalue weighted by Gasteiger charge is 2.18. The smallest absolute Gasteiger partial charge is 0.304 e. The van der Waals surface area contributed by atoms with Crippen LogP contribution in [0, 0.1) is 31.9 Å². The number of halogens is 2. The van der Waals surface area contributed by atoms with Crippen molar-refractivity contribution >= 4 is 46.3 Å². The number of nitrogens with one attached hydrogen (secondary N) is 2. The lowest BCUT2D eigenvalue weighted by Gasteiger charge is -2.08. The molecule has 0 aromatic heterocycles. The first-order valence-corrected chi connectivity index (χ1v) is 11.8. The molecule has 0 atom stereocenters. The maximum absolute atomic E-state index is 13.8. The Morgan fingerprint density at radius 2 is 0.974 bits per heavy atom. The van der Waals surface area contributed by atoms with Crippen molar-refractivity contribution in [2.75, 3.05) is 10.6 Å². The first-order valence-electron chi connectivity index (χ1n) is 11.0. The molecule has 0 heterocycles. The first kappa shape index (κ1) is 26.9. The van der Waals surface area contributed by atoms with Gasteiger partial charge in [-0.3, -0.25) is 29.8 Å². The molecule has 0 saturated heterocycles. The molecule has 0 aliphatic rings. The zero-order valence-electron chi connectivity index (χ0n) is 19.6. The molecule has 0 bridgehead atoms. The largest absolute Gasteiger partial charge is 0.322 e. The number of anilines is 2. The first-order chi connectivity index (χ1) is 18.6. The predicted octanol–water partition coefficient (Wildman–Crippen LogP) is 6.44. The Hall–Kier alpha value is -5.17. The third kappa shape index (κ3) is 6.59. The number of benzene rings is 4. The zero-order chi connectivity index (χ0) is 28.1. The van der Waals surface area contributed by atoms with Gasteiger partial charge in [0.15, 0.2) is 0 Å². The summed E-state index contributed by atoms with van der Waals surface area (Å²) in [5, 5.41) is 26.6. The molecule has 2 amide bonds. The fourth-order valence-electron chi connectivity index (χ4n) is 3.35. The molecule has 4 rings (SSSR count). The van der Waals surface area contributed by atoms with E-state index >= 15 is 0 Å². The number of carbonyl (C=O) groups is 2. The molecule has 0 fully saturated rings. The molecule has 13 heteroatoms. The van der Waals surface area contributed by atoms with Crippen LogP contribution in [-0.2, 0) is 0 Å². The van der Waals surface area contributed by atoms with Crippen LogP contribution in [0.15, 0.2) is 94.7 Å². The molecule has 196 valence electrons. The second-order valence-corrected chi connectivity index (χ2v) is 9.05. The molecular weight excluding hydrogens is 534 g/mol. The van der Waals surface area contributed by atoms with E-state index in [0.717, 1.165) is 46.2 Å². The minimum atomic E-state index is -1.11. The van der Waals surface area contributed by atoms with Crippen molar-refractivity contribution < 1.29 is 28.2 Å². The van der Waals surface area contributed by atoms with Gasteiger partial charge in [0.05, 0.1) is 9.85 Å². The van der Waals surface area contributed by atoms with E-state index in [-0.39, 0.29) is 11.1 Å². The SMILES string of the molecule is O=C(Nc1ccc(Sc2ccc(NC(=O)c3ccc([N+](=O)[O-])c(F)c3)cc2)cc1)c1ccc([N+](=O)[O-])c(F)c1. The van der Waals surface area contributed by atoms with Crippen LogP contribution in [-0.4, -0.2) is 21.7 Å². The van der Waals surface area contributed by atoms with Crippen LogP contribution in [0.3, 0.4) is 0 Å². The van der Waals surface area contributed by atoms with Crippen LogP contribution < -0.4 is 10.6 Å². The standard InChI is InChI=1S/C26H16F2N4O6S/c27-21-13-15(1-11-23(21)31(35)36)25(33)29-17-3-7-19(8-4-17)39-20-9-5-18(6-10-20)30-26(34)16-2-12-24(32(37)38)22(28)14-16/h1-14H,(H,29,33)(H,30,34). The number of nitrogens with zero attached hydrogens (tertiary/aromatic N) is 2. The molecule has 39 heavy (non-hydrogen) atoms. The van der Waals surface area contributed by atoms with Crippen LogP contribution in [0.5, 0.6) is 0 Å². The summed E-state index contributed by atoms with van der Waals surface area (Å²) < 4.78 is 27.6. The van der Waals surface area contributed by atoms with Crippen molar-refractivity contribution in [2.24, 2.45) is 0 Å². The summed E-state index contributed by atoms with van der Waals surface area (Å²) in [5.74, 6) is -3.47. The van der Waals surface area contributed by atoms with Gasteiger partial charge in [0, 0.05) is 44.4 Å². The van der Waals surface area contributed by atoms with Crippen LogP contribution in [0.1, 0.15) is 20.7 Å². The fourth-order valence-corrected chi connectivity index (χ4v) is 4.16. The fraction of sp³-hybridized carbons (Fsp3) is 0. The van der Waals surface area contributed by atoms with Gasteiger partial charge in [0.1, 0.15) is 0 Å². The van der Waals surface area contributed by atoms with Gasteiger partial charge in [-0.05, 0) is 72.8 Å². The van der Waals surface area contributed by atoms with Crippen molar-refractivity contribution in [1.29, 1.82) is 0 Å². The van der Waals surface area contributed by atoms with Gasteiger partial charge in [0.25, 0.3) is 11.8 Å². The third-order valence-corrected chi connectivity index (χ3v) is 6.29. The maximum Gasteiger partial charge on any atom is 0.304 e. The highest BCUT2D eigenvalue weighted by atomic mass is 32.2. The molecule has 10 nitrogen and oxygen atoms in total. The molecule has 2 N–H and O–H groups in total. The summed E-state index contributed by atoms with van der Waals surface area (Å²) in [5.41, 5.74) is -0.705. The molecule has 0 aliphatic heterocycles. The quantitative estimate of drug-likeness (QED) is 0.190. The Kier molecular flexibility index (Phi) is 7.91. The number of amides is 2. The van der Waals surface area contributed by atoms with Crippen molar-refractivity contribution in [3.8, 4) is 0 Å². The van der Waals surface area contributed by atoms with E-state index in [0.29, 0.717) is 11.4 Å². The number of nitro groups is 2. The number of hydrogen-bond acceptors (Lipinski definition) is 7. The number of nitro benzene ring substituents is 2. The molecule has 0 saturated carbocycles. The zero-order valence-corrected chi connectivity index (χ0v) is 20.4. The van der Waals surface area contributed by atoms with Gasteiger partial charge in [-0.2, -0.15) is 8.78 Å². The Bertz CT molecular complexity index is 1480. The summed E-state index contributed by atoms with van der Waals surface area (Å²) in [6.07, 6.45) is 0. The normalized spacial score (nSPS) is 10.5. The number of rotatable bonds is 8. The van der Waals surface area contributed by atoms with Gasteiger partial charge in [-0.1, -0.05) is 11.8 Å². The van der Waals surface area contributed by atoms with Gasteiger partial charge < -0.3 is 10.6 Å². The number of carbonyl (C=O) groups excluding carboxylic acids is 2. The van der Waals surface area contributed by atoms with E-state index in [2.05, 4.69) is 10.6 Å². The van der Waals surface area contributed by atoms with Gasteiger partial charge in [-0.25, -0.2) is 0 Å². The monoisotopic (exact) mass is 550 g/mol. The minimum absolute atomic E-state index is 0.0672. The van der Waals surface area contributed by atoms with Crippen LogP contribution >= 0.6 is 11.8 Å². The second-order valence-electron chi connectivity index (χ2n) is 7.91. The molecule has 0 radical (unpaired) electrons. The lowest BCUT2D eigenvalue weighted by Crippen LogP contribution is -2.12. The summed E-state index contributed by atoms with van der Waals surface area (Å²) in [6.45, 7) is 0. The second kappa shape index (κ2) is 11.5. The molecule has 4 aromatic rings. The van der Waals surface area contributed by atoms with Crippen molar-refractivity contribution in [3.05, 3.63) is 128 Å². The Morgan fingerprint density at radius 3 is 1.28 bits per heavy atom. The van der Waals surface area contributed by atoms with E-state index in [1.54, 1.807) is 48.5 Å². The van der Waals surface area contributed by atoms with E-state index in [1.165, 1.54) is 11.8 Å². The summed E-state index contributed by atoms with van der Waals surface area (Å²) in [4.78, 5) is 46.1. The van der Waals surface area contributed by atoms with Gasteiger partial charge in [-0.15, -0.1) is 0 Å². The maximum atomic E-state index is 13.8.